The normalized spacial score (nSPS) is 12.6. The van der Waals surface area contributed by atoms with Crippen LogP contribution in [0.3, 0.4) is 0 Å². The van der Waals surface area contributed by atoms with Crippen molar-refractivity contribution in [3.63, 3.8) is 0 Å². The molecule has 0 saturated carbocycles. The highest BCUT2D eigenvalue weighted by Crippen LogP contribution is 2.29. The number of hydrogen-bond donors (Lipinski definition) is 1. The number of carbonyl (C=O) groups is 1. The highest BCUT2D eigenvalue weighted by molar-refractivity contribution is 7.13. The summed E-state index contributed by atoms with van der Waals surface area (Å²) in [6, 6.07) is 25.5. The van der Waals surface area contributed by atoms with E-state index in [2.05, 4.69) is 23.6 Å². The lowest BCUT2D eigenvalue weighted by Crippen LogP contribution is -2.43. The van der Waals surface area contributed by atoms with E-state index in [1.807, 2.05) is 81.4 Å². The van der Waals surface area contributed by atoms with Crippen molar-refractivity contribution in [1.82, 2.24) is 4.98 Å². The standard InChI is InChI=1S/C34H33NO5S/c1-22-7-14-29(20-23(22)2)40-34(4,33(36)37)21-25-8-15-28(16-9-25)38-18-17-30-24(3)39-32(35-30)27-12-10-26(11-13-27)31-6-5-19-41-31/h5-16,19-20H,17-18,21H2,1-4H3,(H,36,37). The summed E-state index contributed by atoms with van der Waals surface area (Å²) in [5, 5.41) is 12.0. The summed E-state index contributed by atoms with van der Waals surface area (Å²) >= 11 is 1.71. The van der Waals surface area contributed by atoms with E-state index in [0.29, 0.717) is 30.4 Å². The fourth-order valence-electron chi connectivity index (χ4n) is 4.55. The van der Waals surface area contributed by atoms with Crippen molar-refractivity contribution < 1.29 is 23.8 Å². The van der Waals surface area contributed by atoms with E-state index in [1.165, 1.54) is 10.4 Å². The van der Waals surface area contributed by atoms with Gasteiger partial charge in [0.15, 0.2) is 0 Å². The third-order valence-electron chi connectivity index (χ3n) is 7.18. The van der Waals surface area contributed by atoms with Gasteiger partial charge in [-0.3, -0.25) is 0 Å². The summed E-state index contributed by atoms with van der Waals surface area (Å²) in [4.78, 5) is 18.1. The molecule has 0 radical (unpaired) electrons. The van der Waals surface area contributed by atoms with Crippen LogP contribution in [-0.2, 0) is 17.6 Å². The molecular weight excluding hydrogens is 534 g/mol. The average Bonchev–Trinajstić information content (AvgIpc) is 3.62. The fraction of sp³-hybridized carbons (Fsp3) is 0.235. The summed E-state index contributed by atoms with van der Waals surface area (Å²) < 4.78 is 17.9. The van der Waals surface area contributed by atoms with Gasteiger partial charge in [-0.1, -0.05) is 36.4 Å². The number of aliphatic carboxylic acids is 1. The molecule has 0 aliphatic rings. The van der Waals surface area contributed by atoms with E-state index in [-0.39, 0.29) is 6.42 Å². The molecule has 3 aromatic carbocycles. The molecule has 0 aliphatic heterocycles. The molecule has 1 atom stereocenters. The molecular formula is C34H33NO5S. The Kier molecular flexibility index (Phi) is 8.26. The lowest BCUT2D eigenvalue weighted by Gasteiger charge is -2.27. The predicted molar refractivity (Wildman–Crippen MR) is 162 cm³/mol. The number of aryl methyl sites for hydroxylation is 3. The molecule has 0 bridgehead atoms. The topological polar surface area (TPSA) is 81.8 Å². The van der Waals surface area contributed by atoms with Crippen LogP contribution in [0.15, 0.2) is 88.7 Å². The monoisotopic (exact) mass is 567 g/mol. The lowest BCUT2D eigenvalue weighted by molar-refractivity contribution is -0.153. The van der Waals surface area contributed by atoms with Crippen molar-refractivity contribution >= 4 is 17.3 Å². The largest absolute Gasteiger partial charge is 0.493 e. The summed E-state index contributed by atoms with van der Waals surface area (Å²) in [6.07, 6.45) is 0.815. The van der Waals surface area contributed by atoms with E-state index >= 15 is 0 Å². The van der Waals surface area contributed by atoms with E-state index in [1.54, 1.807) is 18.3 Å². The number of oxazole rings is 1. The first-order valence-electron chi connectivity index (χ1n) is 13.5. The molecule has 2 heterocycles. The number of nitrogens with zero attached hydrogens (tertiary/aromatic N) is 1. The maximum absolute atomic E-state index is 12.1. The number of rotatable bonds is 11. The molecule has 5 aromatic rings. The maximum atomic E-state index is 12.1. The average molecular weight is 568 g/mol. The zero-order chi connectivity index (χ0) is 29.0. The number of benzene rings is 3. The summed E-state index contributed by atoms with van der Waals surface area (Å²) in [5.41, 5.74) is 4.59. The van der Waals surface area contributed by atoms with Crippen LogP contribution in [0.2, 0.25) is 0 Å². The Hall–Kier alpha value is -4.36. The van der Waals surface area contributed by atoms with Gasteiger partial charge in [0.25, 0.3) is 0 Å². The first kappa shape index (κ1) is 28.2. The van der Waals surface area contributed by atoms with E-state index in [9.17, 15) is 9.90 Å². The molecule has 6 nitrogen and oxygen atoms in total. The molecule has 7 heteroatoms. The van der Waals surface area contributed by atoms with Gasteiger partial charge < -0.3 is 19.0 Å². The Morgan fingerprint density at radius 3 is 2.29 bits per heavy atom. The van der Waals surface area contributed by atoms with Gasteiger partial charge in [-0.2, -0.15) is 0 Å². The number of thiophene rings is 1. The summed E-state index contributed by atoms with van der Waals surface area (Å²) in [5.74, 6) is 1.60. The zero-order valence-electron chi connectivity index (χ0n) is 23.6. The Balaban J connectivity index is 1.17. The van der Waals surface area contributed by atoms with Crippen molar-refractivity contribution in [2.45, 2.75) is 46.1 Å². The minimum atomic E-state index is -1.41. The molecule has 1 N–H and O–H groups in total. The quantitative estimate of drug-likeness (QED) is 0.174. The maximum Gasteiger partial charge on any atom is 0.348 e. The summed E-state index contributed by atoms with van der Waals surface area (Å²) in [7, 11) is 0. The van der Waals surface area contributed by atoms with Gasteiger partial charge in [-0.15, -0.1) is 11.3 Å². The predicted octanol–water partition coefficient (Wildman–Crippen LogP) is 8.08. The molecule has 0 aliphatic carbocycles. The second-order valence-electron chi connectivity index (χ2n) is 10.4. The Bertz CT molecular complexity index is 1620. The van der Waals surface area contributed by atoms with Gasteiger partial charge in [-0.05, 0) is 97.8 Å². The van der Waals surface area contributed by atoms with Crippen LogP contribution in [0.5, 0.6) is 11.5 Å². The first-order valence-corrected chi connectivity index (χ1v) is 14.4. The van der Waals surface area contributed by atoms with Crippen molar-refractivity contribution in [1.29, 1.82) is 0 Å². The molecule has 0 saturated heterocycles. The van der Waals surface area contributed by atoms with Crippen LogP contribution >= 0.6 is 11.3 Å². The third-order valence-corrected chi connectivity index (χ3v) is 8.10. The van der Waals surface area contributed by atoms with Crippen LogP contribution in [0, 0.1) is 20.8 Å². The highest BCUT2D eigenvalue weighted by atomic mass is 32.1. The molecule has 210 valence electrons. The van der Waals surface area contributed by atoms with Crippen molar-refractivity contribution in [2.24, 2.45) is 0 Å². The van der Waals surface area contributed by atoms with Gasteiger partial charge in [0.05, 0.1) is 12.3 Å². The number of aromatic nitrogens is 1. The molecule has 0 amide bonds. The Morgan fingerprint density at radius 2 is 1.63 bits per heavy atom. The zero-order valence-corrected chi connectivity index (χ0v) is 24.5. The smallest absolute Gasteiger partial charge is 0.348 e. The molecule has 0 fully saturated rings. The minimum absolute atomic E-state index is 0.213. The number of hydrogen-bond acceptors (Lipinski definition) is 6. The van der Waals surface area contributed by atoms with E-state index in [4.69, 9.17) is 18.9 Å². The lowest BCUT2D eigenvalue weighted by atomic mass is 9.96. The summed E-state index contributed by atoms with van der Waals surface area (Å²) in [6.45, 7) is 7.94. The Morgan fingerprint density at radius 1 is 0.927 bits per heavy atom. The van der Waals surface area contributed by atoms with Crippen molar-refractivity contribution in [3.8, 4) is 33.4 Å². The molecule has 2 aromatic heterocycles. The second-order valence-corrected chi connectivity index (χ2v) is 11.3. The molecule has 5 rings (SSSR count). The van der Waals surface area contributed by atoms with Gasteiger partial charge in [-0.25, -0.2) is 9.78 Å². The second kappa shape index (κ2) is 12.0. The highest BCUT2D eigenvalue weighted by Gasteiger charge is 2.36. The van der Waals surface area contributed by atoms with Crippen LogP contribution in [0.4, 0.5) is 0 Å². The van der Waals surface area contributed by atoms with Crippen LogP contribution in [0.25, 0.3) is 21.9 Å². The minimum Gasteiger partial charge on any atom is -0.493 e. The number of ether oxygens (including phenoxy) is 2. The van der Waals surface area contributed by atoms with Crippen LogP contribution < -0.4 is 9.47 Å². The van der Waals surface area contributed by atoms with E-state index < -0.39 is 11.6 Å². The fourth-order valence-corrected chi connectivity index (χ4v) is 5.29. The molecule has 1 unspecified atom stereocenters. The Labute approximate surface area is 244 Å². The third kappa shape index (κ3) is 6.69. The SMILES string of the molecule is Cc1ccc(OC(C)(Cc2ccc(OCCc3nc(-c4ccc(-c5cccs5)cc4)oc3C)cc2)C(=O)O)cc1C. The number of carboxylic acids is 1. The number of carboxylic acid groups (broad SMARTS) is 1. The van der Waals surface area contributed by atoms with Crippen molar-refractivity contribution in [2.75, 3.05) is 6.61 Å². The van der Waals surface area contributed by atoms with Crippen molar-refractivity contribution in [3.05, 3.63) is 112 Å². The van der Waals surface area contributed by atoms with Gasteiger partial charge in [0.1, 0.15) is 17.3 Å². The van der Waals surface area contributed by atoms with E-state index in [0.717, 1.165) is 33.7 Å². The van der Waals surface area contributed by atoms with Crippen LogP contribution in [-0.4, -0.2) is 28.3 Å². The molecule has 0 spiro atoms. The van der Waals surface area contributed by atoms with Gasteiger partial charge >= 0.3 is 5.97 Å². The molecule has 41 heavy (non-hydrogen) atoms. The van der Waals surface area contributed by atoms with Gasteiger partial charge in [0.2, 0.25) is 11.5 Å². The van der Waals surface area contributed by atoms with Crippen LogP contribution in [0.1, 0.15) is 35.1 Å². The first-order chi connectivity index (χ1) is 19.7. The van der Waals surface area contributed by atoms with Gasteiger partial charge in [0, 0.05) is 23.3 Å².